The van der Waals surface area contributed by atoms with Crippen LogP contribution in [0.15, 0.2) is 29.4 Å². The van der Waals surface area contributed by atoms with Crippen LogP contribution >= 0.6 is 0 Å². The van der Waals surface area contributed by atoms with Crippen molar-refractivity contribution < 1.29 is 8.42 Å². The van der Waals surface area contributed by atoms with Crippen molar-refractivity contribution in [3.8, 4) is 0 Å². The molecule has 1 saturated carbocycles. The van der Waals surface area contributed by atoms with E-state index in [0.29, 0.717) is 4.90 Å². The topological polar surface area (TPSA) is 63.2 Å². The summed E-state index contributed by atoms with van der Waals surface area (Å²) in [6.45, 7) is 0.954. The molecule has 106 valence electrons. The number of sulfone groups is 1. The SMILES string of the molecule is CN(CC1CC1)c1ncnc2ccc(S(C)(=O)=O)cc12. The third-order valence-electron chi connectivity index (χ3n) is 3.60. The maximum Gasteiger partial charge on any atom is 0.175 e. The van der Waals surface area contributed by atoms with Gasteiger partial charge in [0.2, 0.25) is 0 Å². The molecular weight excluding hydrogens is 274 g/mol. The van der Waals surface area contributed by atoms with Gasteiger partial charge in [-0.25, -0.2) is 18.4 Å². The molecule has 3 rings (SSSR count). The van der Waals surface area contributed by atoms with E-state index in [2.05, 4.69) is 14.9 Å². The first-order valence-corrected chi connectivity index (χ1v) is 8.50. The summed E-state index contributed by atoms with van der Waals surface area (Å²) in [6.07, 6.45) is 5.27. The first-order chi connectivity index (χ1) is 9.45. The zero-order valence-electron chi connectivity index (χ0n) is 11.6. The Balaban J connectivity index is 2.10. The minimum atomic E-state index is -3.22. The van der Waals surface area contributed by atoms with Gasteiger partial charge in [0.05, 0.1) is 10.4 Å². The molecule has 1 fully saturated rings. The molecule has 0 spiro atoms. The summed E-state index contributed by atoms with van der Waals surface area (Å²) in [5.74, 6) is 1.54. The Morgan fingerprint density at radius 2 is 2.05 bits per heavy atom. The average molecular weight is 291 g/mol. The molecule has 0 unspecified atom stereocenters. The minimum Gasteiger partial charge on any atom is -0.359 e. The number of hydrogen-bond donors (Lipinski definition) is 0. The van der Waals surface area contributed by atoms with Gasteiger partial charge in [0.25, 0.3) is 0 Å². The quantitative estimate of drug-likeness (QED) is 0.860. The zero-order valence-corrected chi connectivity index (χ0v) is 12.4. The number of anilines is 1. The Kier molecular flexibility index (Phi) is 3.12. The molecule has 0 radical (unpaired) electrons. The van der Waals surface area contributed by atoms with Gasteiger partial charge in [-0.3, -0.25) is 0 Å². The number of aromatic nitrogens is 2. The highest BCUT2D eigenvalue weighted by atomic mass is 32.2. The molecule has 1 heterocycles. The van der Waals surface area contributed by atoms with Crippen LogP contribution in [0, 0.1) is 5.92 Å². The zero-order chi connectivity index (χ0) is 14.3. The first kappa shape index (κ1) is 13.3. The van der Waals surface area contributed by atoms with Crippen LogP contribution in [0.25, 0.3) is 10.9 Å². The van der Waals surface area contributed by atoms with Gasteiger partial charge < -0.3 is 4.90 Å². The fourth-order valence-electron chi connectivity index (χ4n) is 2.33. The Morgan fingerprint density at radius 3 is 2.70 bits per heavy atom. The van der Waals surface area contributed by atoms with Crippen LogP contribution in [0.2, 0.25) is 0 Å². The maximum atomic E-state index is 11.7. The second-order valence-electron chi connectivity index (χ2n) is 5.47. The lowest BCUT2D eigenvalue weighted by molar-refractivity contribution is 0.602. The molecule has 1 aliphatic carbocycles. The second kappa shape index (κ2) is 4.70. The Labute approximate surface area is 118 Å². The predicted octanol–water partition coefficient (Wildman–Crippen LogP) is 1.88. The molecule has 1 aromatic heterocycles. The highest BCUT2D eigenvalue weighted by molar-refractivity contribution is 7.90. The largest absolute Gasteiger partial charge is 0.359 e. The Hall–Kier alpha value is -1.69. The van der Waals surface area contributed by atoms with Crippen molar-refractivity contribution in [2.45, 2.75) is 17.7 Å². The molecule has 6 heteroatoms. The number of nitrogens with zero attached hydrogens (tertiary/aromatic N) is 3. The number of rotatable bonds is 4. The van der Waals surface area contributed by atoms with E-state index < -0.39 is 9.84 Å². The second-order valence-corrected chi connectivity index (χ2v) is 7.49. The van der Waals surface area contributed by atoms with Crippen LogP contribution in [0.3, 0.4) is 0 Å². The molecule has 1 aromatic carbocycles. The lowest BCUT2D eigenvalue weighted by Gasteiger charge is -2.19. The van der Waals surface area contributed by atoms with Gasteiger partial charge in [0.1, 0.15) is 12.1 Å². The van der Waals surface area contributed by atoms with Gasteiger partial charge in [-0.1, -0.05) is 0 Å². The molecular formula is C14H17N3O2S. The standard InChI is InChI=1S/C14H17N3O2S/c1-17(8-10-3-4-10)14-12-7-11(20(2,18)19)5-6-13(12)15-9-16-14/h5-7,9-10H,3-4,8H2,1-2H3. The molecule has 0 amide bonds. The smallest absolute Gasteiger partial charge is 0.175 e. The van der Waals surface area contributed by atoms with Crippen molar-refractivity contribution in [1.82, 2.24) is 9.97 Å². The minimum absolute atomic E-state index is 0.306. The summed E-state index contributed by atoms with van der Waals surface area (Å²) in [5, 5.41) is 0.790. The van der Waals surface area contributed by atoms with E-state index in [1.54, 1.807) is 18.2 Å². The van der Waals surface area contributed by atoms with Crippen LogP contribution in [0.5, 0.6) is 0 Å². The van der Waals surface area contributed by atoms with Crippen molar-refractivity contribution in [2.75, 3.05) is 24.7 Å². The average Bonchev–Trinajstić information content (AvgIpc) is 3.20. The van der Waals surface area contributed by atoms with E-state index in [-0.39, 0.29) is 0 Å². The number of fused-ring (bicyclic) bond motifs is 1. The number of benzene rings is 1. The maximum absolute atomic E-state index is 11.7. The lowest BCUT2D eigenvalue weighted by Crippen LogP contribution is -2.21. The van der Waals surface area contributed by atoms with E-state index in [1.165, 1.54) is 25.4 Å². The van der Waals surface area contributed by atoms with E-state index >= 15 is 0 Å². The van der Waals surface area contributed by atoms with Crippen molar-refractivity contribution in [1.29, 1.82) is 0 Å². The summed E-state index contributed by atoms with van der Waals surface area (Å²) in [7, 11) is -1.23. The van der Waals surface area contributed by atoms with Crippen LogP contribution in [-0.2, 0) is 9.84 Å². The van der Waals surface area contributed by atoms with Crippen LogP contribution in [0.1, 0.15) is 12.8 Å². The molecule has 0 bridgehead atoms. The van der Waals surface area contributed by atoms with Crippen LogP contribution in [-0.4, -0.2) is 38.2 Å². The summed E-state index contributed by atoms with van der Waals surface area (Å²) >= 11 is 0. The molecule has 0 N–H and O–H groups in total. The van der Waals surface area contributed by atoms with E-state index in [1.807, 2.05) is 7.05 Å². The number of hydrogen-bond acceptors (Lipinski definition) is 5. The summed E-state index contributed by atoms with van der Waals surface area (Å²) in [4.78, 5) is 10.9. The molecule has 1 aliphatic rings. The monoisotopic (exact) mass is 291 g/mol. The van der Waals surface area contributed by atoms with E-state index in [4.69, 9.17) is 0 Å². The molecule has 20 heavy (non-hydrogen) atoms. The van der Waals surface area contributed by atoms with E-state index in [9.17, 15) is 8.42 Å². The summed E-state index contributed by atoms with van der Waals surface area (Å²) in [5.41, 5.74) is 0.769. The molecule has 2 aromatic rings. The fraction of sp³-hybridized carbons (Fsp3) is 0.429. The van der Waals surface area contributed by atoms with Crippen molar-refractivity contribution in [3.63, 3.8) is 0 Å². The van der Waals surface area contributed by atoms with Crippen molar-refractivity contribution in [2.24, 2.45) is 5.92 Å². The highest BCUT2D eigenvalue weighted by Crippen LogP contribution is 2.32. The van der Waals surface area contributed by atoms with Gasteiger partial charge in [-0.2, -0.15) is 0 Å². The van der Waals surface area contributed by atoms with Crippen molar-refractivity contribution in [3.05, 3.63) is 24.5 Å². The lowest BCUT2D eigenvalue weighted by atomic mass is 10.2. The van der Waals surface area contributed by atoms with Gasteiger partial charge in [-0.05, 0) is 37.0 Å². The first-order valence-electron chi connectivity index (χ1n) is 6.61. The summed E-state index contributed by atoms with van der Waals surface area (Å²) < 4.78 is 23.4. The Morgan fingerprint density at radius 1 is 1.30 bits per heavy atom. The fourth-order valence-corrected chi connectivity index (χ4v) is 2.98. The molecule has 0 saturated heterocycles. The molecule has 5 nitrogen and oxygen atoms in total. The third kappa shape index (κ3) is 2.60. The van der Waals surface area contributed by atoms with Crippen LogP contribution in [0.4, 0.5) is 5.82 Å². The van der Waals surface area contributed by atoms with Crippen molar-refractivity contribution >= 4 is 26.6 Å². The Bertz CT molecular complexity index is 754. The van der Waals surface area contributed by atoms with Crippen LogP contribution < -0.4 is 4.90 Å². The van der Waals surface area contributed by atoms with Gasteiger partial charge >= 0.3 is 0 Å². The van der Waals surface area contributed by atoms with Gasteiger partial charge in [0.15, 0.2) is 9.84 Å². The van der Waals surface area contributed by atoms with E-state index in [0.717, 1.165) is 29.2 Å². The predicted molar refractivity (Wildman–Crippen MR) is 78.6 cm³/mol. The normalized spacial score (nSPS) is 15.5. The van der Waals surface area contributed by atoms with Gasteiger partial charge in [-0.15, -0.1) is 0 Å². The molecule has 0 aliphatic heterocycles. The molecule has 0 atom stereocenters. The summed E-state index contributed by atoms with van der Waals surface area (Å²) in [6, 6.07) is 5.00. The van der Waals surface area contributed by atoms with Gasteiger partial charge in [0, 0.05) is 25.2 Å². The third-order valence-corrected chi connectivity index (χ3v) is 4.71. The highest BCUT2D eigenvalue weighted by Gasteiger charge is 2.24.